The smallest absolute Gasteiger partial charge is 0.135 e. The lowest BCUT2D eigenvalue weighted by molar-refractivity contribution is 0.244. The van der Waals surface area contributed by atoms with Crippen LogP contribution in [0.3, 0.4) is 0 Å². The Morgan fingerprint density at radius 1 is 0.509 bits per heavy atom. The number of rotatable bonds is 15. The first kappa shape index (κ1) is 61.6. The van der Waals surface area contributed by atoms with E-state index in [0.29, 0.717) is 39.6 Å². The van der Waals surface area contributed by atoms with Gasteiger partial charge in [-0.25, -0.2) is 0 Å². The lowest BCUT2D eigenvalue weighted by atomic mass is 10.1. The Kier molecular flexibility index (Phi) is 45.9. The normalized spacial score (nSPS) is 14.3. The first-order chi connectivity index (χ1) is 25.5. The topological polar surface area (TPSA) is 101 Å². The molecule has 0 aromatic rings. The number of hydrogen-bond donors (Lipinski definition) is 5. The van der Waals surface area contributed by atoms with Crippen LogP contribution < -0.4 is 0 Å². The lowest BCUT2D eigenvalue weighted by Gasteiger charge is -2.06. The van der Waals surface area contributed by atoms with Crippen LogP contribution in [0.1, 0.15) is 62.3 Å². The third-order valence-corrected chi connectivity index (χ3v) is 8.60. The highest BCUT2D eigenvalue weighted by Crippen LogP contribution is 2.04. The Morgan fingerprint density at radius 2 is 0.764 bits per heavy atom. The summed E-state index contributed by atoms with van der Waals surface area (Å²) in [4.78, 5) is 0. The molecule has 0 saturated heterocycles. The summed E-state index contributed by atoms with van der Waals surface area (Å²) >= 11 is 17.9. The van der Waals surface area contributed by atoms with Crippen LogP contribution in [0.4, 0.5) is 0 Å². The Bertz CT molecular complexity index is 1340. The molecule has 0 spiro atoms. The summed E-state index contributed by atoms with van der Waals surface area (Å²) in [6.45, 7) is 34.3. The first-order valence-corrected chi connectivity index (χ1v) is 20.4. The van der Waals surface area contributed by atoms with E-state index in [0.717, 1.165) is 21.8 Å². The van der Waals surface area contributed by atoms with Crippen molar-refractivity contribution in [1.82, 2.24) is 0 Å². The summed E-state index contributed by atoms with van der Waals surface area (Å²) in [7, 11) is 0. The molecule has 0 aromatic heterocycles. The van der Waals surface area contributed by atoms with E-state index in [1.54, 1.807) is 34.6 Å². The second-order valence-electron chi connectivity index (χ2n) is 12.5. The summed E-state index contributed by atoms with van der Waals surface area (Å²) in [5.41, 5.74) is 8.03. The minimum Gasteiger partial charge on any atom is -0.385 e. The standard InChI is InChI=1S/C10H14Br2.C10H14Cl2.C10H16O2.C10H14O2.C6H8O/c2*1-9(7-11)5-3-4-6-10(2)8-12;2*1-7(2)9(11)5-6-10(12)8(3)4;1-4-6(7)5(2)3/h2*3-6H,7-8H2,1-2H3;5-6,9-12H,1,3H2,2,4H3;9-12H,1,3H2,2,4H3;1,6-7H,2H2,3H3. The molecule has 0 aliphatic rings. The molecule has 0 radical (unpaired) electrons. The fourth-order valence-electron chi connectivity index (χ4n) is 2.14. The number of terminal acetylenes is 1. The monoisotopic (exact) mass is 926 g/mol. The maximum Gasteiger partial charge on any atom is 0.135 e. The number of allylic oxidation sites excluding steroid dienone is 12. The van der Waals surface area contributed by atoms with Crippen LogP contribution in [0, 0.1) is 24.2 Å². The molecule has 5 nitrogen and oxygen atoms in total. The van der Waals surface area contributed by atoms with Crippen molar-refractivity contribution in [1.29, 1.82) is 0 Å². The van der Waals surface area contributed by atoms with Crippen molar-refractivity contribution in [3.05, 3.63) is 144 Å². The van der Waals surface area contributed by atoms with Gasteiger partial charge in [0.25, 0.3) is 0 Å². The number of aliphatic hydroxyl groups excluding tert-OH is 5. The van der Waals surface area contributed by atoms with E-state index in [1.165, 1.54) is 23.3 Å². The molecule has 308 valence electrons. The van der Waals surface area contributed by atoms with Gasteiger partial charge in [0, 0.05) is 22.4 Å². The fourth-order valence-corrected chi connectivity index (χ4v) is 2.70. The summed E-state index contributed by atoms with van der Waals surface area (Å²) in [5.74, 6) is 8.21. The van der Waals surface area contributed by atoms with Crippen LogP contribution in [0.2, 0.25) is 0 Å². The van der Waals surface area contributed by atoms with Gasteiger partial charge in [-0.05, 0) is 90.2 Å². The Morgan fingerprint density at radius 3 is 0.927 bits per heavy atom. The zero-order valence-electron chi connectivity index (χ0n) is 34.3. The van der Waals surface area contributed by atoms with Gasteiger partial charge in [-0.1, -0.05) is 166 Å². The van der Waals surface area contributed by atoms with E-state index in [2.05, 4.69) is 121 Å². The van der Waals surface area contributed by atoms with Gasteiger partial charge < -0.3 is 25.5 Å². The maximum absolute atomic E-state index is 9.23. The van der Waals surface area contributed by atoms with Gasteiger partial charge in [0.1, 0.15) is 18.3 Å². The van der Waals surface area contributed by atoms with Crippen molar-refractivity contribution >= 4 is 55.1 Å². The first-order valence-electron chi connectivity index (χ1n) is 17.0. The third kappa shape index (κ3) is 47.4. The van der Waals surface area contributed by atoms with Crippen molar-refractivity contribution in [2.75, 3.05) is 22.4 Å². The summed E-state index contributed by atoms with van der Waals surface area (Å²) in [6, 6.07) is 0. The van der Waals surface area contributed by atoms with Gasteiger partial charge in [-0.2, -0.15) is 0 Å². The van der Waals surface area contributed by atoms with E-state index >= 15 is 0 Å². The van der Waals surface area contributed by atoms with Crippen LogP contribution in [-0.2, 0) is 0 Å². The predicted octanol–water partition coefficient (Wildman–Crippen LogP) is 11.0. The van der Waals surface area contributed by atoms with Crippen LogP contribution in [0.15, 0.2) is 144 Å². The third-order valence-electron chi connectivity index (χ3n) is 5.99. The van der Waals surface area contributed by atoms with E-state index in [9.17, 15) is 10.2 Å². The minimum absolute atomic E-state index is 0.566. The number of aliphatic hydroxyl groups is 5. The summed E-state index contributed by atoms with van der Waals surface area (Å²) in [5, 5.41) is 47.2. The molecule has 9 heteroatoms. The van der Waals surface area contributed by atoms with Crippen LogP contribution in [0.25, 0.3) is 0 Å². The Balaban J connectivity index is -0.000000191. The molecule has 0 rings (SSSR count). The average Bonchev–Trinajstić information content (AvgIpc) is 3.15. The molecule has 0 fully saturated rings. The van der Waals surface area contributed by atoms with Gasteiger partial charge >= 0.3 is 0 Å². The molecule has 0 aliphatic heterocycles. The average molecular weight is 930 g/mol. The van der Waals surface area contributed by atoms with Gasteiger partial charge in [0.2, 0.25) is 0 Å². The Labute approximate surface area is 361 Å². The summed E-state index contributed by atoms with van der Waals surface area (Å²) < 4.78 is 0. The molecule has 5 unspecified atom stereocenters. The van der Waals surface area contributed by atoms with E-state index in [4.69, 9.17) is 44.9 Å². The Hall–Kier alpha value is -2.66. The number of halogens is 4. The molecule has 5 N–H and O–H groups in total. The maximum atomic E-state index is 9.23. The molecule has 0 saturated carbocycles. The van der Waals surface area contributed by atoms with Crippen molar-refractivity contribution in [2.45, 2.75) is 92.8 Å². The van der Waals surface area contributed by atoms with Crippen LogP contribution in [0.5, 0.6) is 0 Å². The van der Waals surface area contributed by atoms with Crippen molar-refractivity contribution in [3.63, 3.8) is 0 Å². The second-order valence-corrected chi connectivity index (χ2v) is 14.2. The van der Waals surface area contributed by atoms with Crippen molar-refractivity contribution in [3.8, 4) is 24.2 Å². The molecule has 0 amide bonds. The van der Waals surface area contributed by atoms with Gasteiger partial charge in [0.05, 0.1) is 12.2 Å². The molecule has 0 heterocycles. The zero-order valence-corrected chi connectivity index (χ0v) is 39.0. The van der Waals surface area contributed by atoms with Gasteiger partial charge in [-0.15, -0.1) is 29.6 Å². The molecule has 0 aliphatic carbocycles. The van der Waals surface area contributed by atoms with E-state index < -0.39 is 30.5 Å². The molecule has 55 heavy (non-hydrogen) atoms. The predicted molar refractivity (Wildman–Crippen MR) is 252 cm³/mol. The van der Waals surface area contributed by atoms with Gasteiger partial charge in [0.15, 0.2) is 0 Å². The second kappa shape index (κ2) is 41.0. The molecule has 0 aromatic carbocycles. The lowest BCUT2D eigenvalue weighted by Crippen LogP contribution is -2.07. The zero-order chi connectivity index (χ0) is 44.1. The minimum atomic E-state index is -0.862. The van der Waals surface area contributed by atoms with Gasteiger partial charge in [-0.3, -0.25) is 0 Å². The fraction of sp³-hybridized carbons (Fsp3) is 0.391. The van der Waals surface area contributed by atoms with Crippen molar-refractivity contribution < 1.29 is 25.5 Å². The van der Waals surface area contributed by atoms with Crippen LogP contribution in [-0.4, -0.2) is 78.5 Å². The summed E-state index contributed by atoms with van der Waals surface area (Å²) in [6.07, 6.45) is 20.2. The quantitative estimate of drug-likeness (QED) is 0.0487. The van der Waals surface area contributed by atoms with Crippen LogP contribution >= 0.6 is 55.1 Å². The molecular formula is C46H66Br2Cl2O5. The highest BCUT2D eigenvalue weighted by atomic mass is 79.9. The van der Waals surface area contributed by atoms with Crippen molar-refractivity contribution in [2.24, 2.45) is 0 Å². The van der Waals surface area contributed by atoms with E-state index in [1.807, 2.05) is 38.2 Å². The molecule has 0 bridgehead atoms. The highest BCUT2D eigenvalue weighted by molar-refractivity contribution is 9.09. The van der Waals surface area contributed by atoms with E-state index in [-0.39, 0.29) is 0 Å². The number of alkyl halides is 4. The SMILES string of the molecule is C#CC(O)C(=C)C.C=C(C)C(O)C#CC(O)C(=C)C.C=C(C)C(O)C=CC(O)C(=C)C.CC(=CC=CC=C(C)CBr)CBr.CC(=CC=CC=C(C)CCl)CCl. The largest absolute Gasteiger partial charge is 0.385 e. The number of hydrogen-bond acceptors (Lipinski definition) is 5. The molecule has 5 atom stereocenters. The molecular weight excluding hydrogens is 863 g/mol. The highest BCUT2D eigenvalue weighted by Gasteiger charge is 2.02.